The number of rotatable bonds is 2. The minimum Gasteiger partial charge on any atom is -0.293 e. The predicted molar refractivity (Wildman–Crippen MR) is 84.8 cm³/mol. The fourth-order valence-corrected chi connectivity index (χ4v) is 4.08. The Bertz CT molecular complexity index is 964. The number of hydrogen-bond acceptors (Lipinski definition) is 4. The second kappa shape index (κ2) is 4.54. The van der Waals surface area contributed by atoms with Gasteiger partial charge in [-0.15, -0.1) is 22.7 Å². The topological polar surface area (TPSA) is 34.9 Å². The highest BCUT2D eigenvalue weighted by Gasteiger charge is 2.08. The van der Waals surface area contributed by atoms with Crippen molar-refractivity contribution in [2.45, 2.75) is 6.54 Å². The van der Waals surface area contributed by atoms with Crippen LogP contribution in [0.5, 0.6) is 0 Å². The average Bonchev–Trinajstić information content (AvgIpc) is 3.10. The molecule has 0 fully saturated rings. The van der Waals surface area contributed by atoms with E-state index in [1.165, 1.54) is 27.0 Å². The first kappa shape index (κ1) is 11.8. The zero-order valence-corrected chi connectivity index (χ0v) is 12.1. The molecule has 0 radical (unpaired) electrons. The Kier molecular flexibility index (Phi) is 2.68. The second-order valence-electron chi connectivity index (χ2n) is 4.57. The summed E-state index contributed by atoms with van der Waals surface area (Å²) < 4.78 is 3.67. The molecule has 0 amide bonds. The fraction of sp³-hybridized carbons (Fsp3) is 0.0667. The molecule has 0 unspecified atom stereocenters. The van der Waals surface area contributed by atoms with Crippen LogP contribution in [0.4, 0.5) is 0 Å². The van der Waals surface area contributed by atoms with Gasteiger partial charge in [-0.2, -0.15) is 0 Å². The summed E-state index contributed by atoms with van der Waals surface area (Å²) in [4.78, 5) is 16.7. The molecule has 3 heterocycles. The van der Waals surface area contributed by atoms with Crippen LogP contribution in [0.15, 0.2) is 52.2 Å². The number of fused-ring (bicyclic) bond motifs is 2. The van der Waals surface area contributed by atoms with E-state index in [4.69, 9.17) is 0 Å². The molecule has 5 heteroatoms. The fourth-order valence-electron chi connectivity index (χ4n) is 2.33. The Morgan fingerprint density at radius 2 is 2.05 bits per heavy atom. The molecular formula is C15H10N2OS2. The summed E-state index contributed by atoms with van der Waals surface area (Å²) in [7, 11) is 0. The molecule has 0 atom stereocenters. The zero-order valence-electron chi connectivity index (χ0n) is 10.4. The molecule has 98 valence electrons. The van der Waals surface area contributed by atoms with Crippen molar-refractivity contribution in [3.63, 3.8) is 0 Å². The van der Waals surface area contributed by atoms with Gasteiger partial charge < -0.3 is 0 Å². The van der Waals surface area contributed by atoms with Gasteiger partial charge in [-0.3, -0.25) is 9.36 Å². The monoisotopic (exact) mass is 298 g/mol. The van der Waals surface area contributed by atoms with Gasteiger partial charge in [0.1, 0.15) is 4.70 Å². The maximum atomic E-state index is 12.4. The predicted octanol–water partition coefficient (Wildman–Crippen LogP) is 3.72. The summed E-state index contributed by atoms with van der Waals surface area (Å²) in [5.74, 6) is 0. The minimum absolute atomic E-state index is 0.0419. The molecule has 3 nitrogen and oxygen atoms in total. The maximum Gasteiger partial charge on any atom is 0.271 e. The summed E-state index contributed by atoms with van der Waals surface area (Å²) in [5.41, 5.74) is 2.00. The Morgan fingerprint density at radius 1 is 1.15 bits per heavy atom. The number of benzene rings is 1. The Labute approximate surface area is 122 Å². The molecule has 3 aromatic heterocycles. The van der Waals surface area contributed by atoms with Gasteiger partial charge in [0, 0.05) is 4.70 Å². The molecule has 0 aliphatic rings. The molecule has 4 rings (SSSR count). The van der Waals surface area contributed by atoms with E-state index in [-0.39, 0.29) is 5.56 Å². The number of nitrogens with zero attached hydrogens (tertiary/aromatic N) is 2. The van der Waals surface area contributed by atoms with Gasteiger partial charge in [0.15, 0.2) is 0 Å². The third kappa shape index (κ3) is 1.78. The van der Waals surface area contributed by atoms with Gasteiger partial charge in [-0.25, -0.2) is 4.98 Å². The lowest BCUT2D eigenvalue weighted by atomic mass is 10.2. The highest BCUT2D eigenvalue weighted by atomic mass is 32.1. The summed E-state index contributed by atoms with van der Waals surface area (Å²) in [6, 6.07) is 10.2. The van der Waals surface area contributed by atoms with Crippen LogP contribution in [-0.2, 0) is 6.54 Å². The van der Waals surface area contributed by atoms with Gasteiger partial charge in [-0.05, 0) is 33.8 Å². The van der Waals surface area contributed by atoms with Crippen LogP contribution in [-0.4, -0.2) is 9.55 Å². The molecule has 20 heavy (non-hydrogen) atoms. The largest absolute Gasteiger partial charge is 0.293 e. The van der Waals surface area contributed by atoms with Crippen molar-refractivity contribution in [2.75, 3.05) is 0 Å². The van der Waals surface area contributed by atoms with E-state index >= 15 is 0 Å². The van der Waals surface area contributed by atoms with Crippen molar-refractivity contribution in [3.8, 4) is 0 Å². The molecular weight excluding hydrogens is 288 g/mol. The molecule has 4 aromatic rings. The van der Waals surface area contributed by atoms with Crippen molar-refractivity contribution in [3.05, 3.63) is 63.3 Å². The highest BCUT2D eigenvalue weighted by Crippen LogP contribution is 2.26. The Balaban J connectivity index is 1.84. The van der Waals surface area contributed by atoms with E-state index < -0.39 is 0 Å². The summed E-state index contributed by atoms with van der Waals surface area (Å²) >= 11 is 3.16. The molecule has 0 bridgehead atoms. The molecule has 0 N–H and O–H groups in total. The lowest BCUT2D eigenvalue weighted by Gasteiger charge is -2.04. The standard InChI is InChI=1S/C15H10N2OS2/c18-15-14-12(5-6-19-14)16-9-17(15)7-10-8-20-13-4-2-1-3-11(10)13/h1-6,8-9H,7H2. The maximum absolute atomic E-state index is 12.4. The van der Waals surface area contributed by atoms with E-state index in [2.05, 4.69) is 22.5 Å². The number of hydrogen-bond donors (Lipinski definition) is 0. The molecule has 1 aromatic carbocycles. The van der Waals surface area contributed by atoms with Crippen LogP contribution in [0, 0.1) is 0 Å². The van der Waals surface area contributed by atoms with Gasteiger partial charge in [0.2, 0.25) is 0 Å². The third-order valence-electron chi connectivity index (χ3n) is 3.34. The van der Waals surface area contributed by atoms with Gasteiger partial charge in [0.25, 0.3) is 5.56 Å². The van der Waals surface area contributed by atoms with Crippen LogP contribution in [0.1, 0.15) is 5.56 Å². The first-order valence-electron chi connectivity index (χ1n) is 6.21. The smallest absolute Gasteiger partial charge is 0.271 e. The Hall–Kier alpha value is -1.98. The van der Waals surface area contributed by atoms with Crippen molar-refractivity contribution in [2.24, 2.45) is 0 Å². The lowest BCUT2D eigenvalue weighted by molar-refractivity contribution is 0.756. The van der Waals surface area contributed by atoms with Gasteiger partial charge in [-0.1, -0.05) is 18.2 Å². The average molecular weight is 298 g/mol. The van der Waals surface area contributed by atoms with E-state index in [0.717, 1.165) is 10.2 Å². The van der Waals surface area contributed by atoms with E-state index in [1.807, 2.05) is 23.6 Å². The van der Waals surface area contributed by atoms with E-state index in [9.17, 15) is 4.79 Å². The highest BCUT2D eigenvalue weighted by molar-refractivity contribution is 7.17. The van der Waals surface area contributed by atoms with E-state index in [0.29, 0.717) is 6.54 Å². The summed E-state index contributed by atoms with van der Waals surface area (Å²) in [5, 5.41) is 5.25. The van der Waals surface area contributed by atoms with Gasteiger partial charge >= 0.3 is 0 Å². The molecule has 0 saturated heterocycles. The van der Waals surface area contributed by atoms with Crippen molar-refractivity contribution in [1.29, 1.82) is 0 Å². The number of thiophene rings is 2. The summed E-state index contributed by atoms with van der Waals surface area (Å²) in [6.45, 7) is 0.573. The van der Waals surface area contributed by atoms with Crippen LogP contribution >= 0.6 is 22.7 Å². The first-order chi connectivity index (χ1) is 9.83. The summed E-state index contributed by atoms with van der Waals surface area (Å²) in [6.07, 6.45) is 1.64. The third-order valence-corrected chi connectivity index (χ3v) is 5.24. The molecule has 0 aliphatic heterocycles. The van der Waals surface area contributed by atoms with Gasteiger partial charge in [0.05, 0.1) is 18.4 Å². The van der Waals surface area contributed by atoms with Crippen LogP contribution < -0.4 is 5.56 Å². The first-order valence-corrected chi connectivity index (χ1v) is 7.96. The van der Waals surface area contributed by atoms with Crippen LogP contribution in [0.2, 0.25) is 0 Å². The Morgan fingerprint density at radius 3 is 3.00 bits per heavy atom. The zero-order chi connectivity index (χ0) is 13.5. The van der Waals surface area contributed by atoms with Crippen molar-refractivity contribution in [1.82, 2.24) is 9.55 Å². The van der Waals surface area contributed by atoms with Crippen LogP contribution in [0.3, 0.4) is 0 Å². The molecule has 0 saturated carbocycles. The normalized spacial score (nSPS) is 11.4. The van der Waals surface area contributed by atoms with Crippen LogP contribution in [0.25, 0.3) is 20.3 Å². The van der Waals surface area contributed by atoms with Crippen molar-refractivity contribution < 1.29 is 0 Å². The molecule has 0 spiro atoms. The minimum atomic E-state index is 0.0419. The molecule has 0 aliphatic carbocycles. The van der Waals surface area contributed by atoms with E-state index in [1.54, 1.807) is 22.2 Å². The second-order valence-corrected chi connectivity index (χ2v) is 6.40. The van der Waals surface area contributed by atoms with Crippen molar-refractivity contribution >= 4 is 43.0 Å². The quantitative estimate of drug-likeness (QED) is 0.565. The lowest BCUT2D eigenvalue weighted by Crippen LogP contribution is -2.20. The SMILES string of the molecule is O=c1c2sccc2ncn1Cc1csc2ccccc12. The number of aromatic nitrogens is 2.